The van der Waals surface area contributed by atoms with E-state index in [0.717, 1.165) is 5.56 Å². The topological polar surface area (TPSA) is 55.1 Å². The van der Waals surface area contributed by atoms with Gasteiger partial charge in [0.05, 0.1) is 15.6 Å². The molecule has 0 aliphatic carbocycles. The second kappa shape index (κ2) is 6.83. The zero-order valence-electron chi connectivity index (χ0n) is 13.4. The lowest BCUT2D eigenvalue weighted by molar-refractivity contribution is 0.102. The molecule has 0 bridgehead atoms. The highest BCUT2D eigenvalue weighted by atomic mass is 35.5. The first-order valence-corrected chi connectivity index (χ1v) is 8.59. The van der Waals surface area contributed by atoms with Crippen molar-refractivity contribution in [3.8, 4) is 11.5 Å². The predicted molar refractivity (Wildman–Crippen MR) is 104 cm³/mol. The molecule has 1 heterocycles. The van der Waals surface area contributed by atoms with E-state index in [1.54, 1.807) is 36.4 Å². The van der Waals surface area contributed by atoms with Crippen molar-refractivity contribution in [1.29, 1.82) is 0 Å². The number of oxazole rings is 1. The molecule has 26 heavy (non-hydrogen) atoms. The van der Waals surface area contributed by atoms with Gasteiger partial charge in [0.25, 0.3) is 5.91 Å². The number of benzene rings is 3. The molecule has 0 saturated heterocycles. The van der Waals surface area contributed by atoms with E-state index in [2.05, 4.69) is 10.3 Å². The Bertz CT molecular complexity index is 1110. The molecule has 0 fully saturated rings. The Morgan fingerprint density at radius 1 is 0.962 bits per heavy atom. The number of rotatable bonds is 3. The van der Waals surface area contributed by atoms with Gasteiger partial charge in [-0.3, -0.25) is 4.79 Å². The largest absolute Gasteiger partial charge is 0.436 e. The van der Waals surface area contributed by atoms with Crippen molar-refractivity contribution in [2.75, 3.05) is 5.32 Å². The number of fused-ring (bicyclic) bond motifs is 1. The highest BCUT2D eigenvalue weighted by Gasteiger charge is 2.14. The van der Waals surface area contributed by atoms with Crippen LogP contribution in [0.25, 0.3) is 22.6 Å². The van der Waals surface area contributed by atoms with Crippen LogP contribution < -0.4 is 5.32 Å². The number of aromatic nitrogens is 1. The molecule has 4 nitrogen and oxygen atoms in total. The fourth-order valence-electron chi connectivity index (χ4n) is 2.59. The van der Waals surface area contributed by atoms with Gasteiger partial charge in [0, 0.05) is 11.3 Å². The van der Waals surface area contributed by atoms with Gasteiger partial charge in [0.15, 0.2) is 5.58 Å². The molecule has 0 saturated carbocycles. The van der Waals surface area contributed by atoms with E-state index in [-0.39, 0.29) is 10.9 Å². The molecule has 0 aliphatic rings. The van der Waals surface area contributed by atoms with Crippen LogP contribution in [-0.4, -0.2) is 10.9 Å². The average molecular weight is 383 g/mol. The minimum absolute atomic E-state index is 0.223. The van der Waals surface area contributed by atoms with Crippen molar-refractivity contribution in [3.63, 3.8) is 0 Å². The van der Waals surface area contributed by atoms with Gasteiger partial charge >= 0.3 is 0 Å². The predicted octanol–water partition coefficient (Wildman–Crippen LogP) is 6.05. The Hall–Kier alpha value is -2.82. The Morgan fingerprint density at radius 3 is 2.58 bits per heavy atom. The molecule has 3 aromatic carbocycles. The fourth-order valence-corrected chi connectivity index (χ4v) is 2.97. The number of nitrogens with one attached hydrogen (secondary N) is 1. The Morgan fingerprint density at radius 2 is 1.77 bits per heavy atom. The molecule has 0 spiro atoms. The monoisotopic (exact) mass is 382 g/mol. The quantitative estimate of drug-likeness (QED) is 0.468. The van der Waals surface area contributed by atoms with Crippen LogP contribution in [0.2, 0.25) is 10.0 Å². The summed E-state index contributed by atoms with van der Waals surface area (Å²) in [7, 11) is 0. The summed E-state index contributed by atoms with van der Waals surface area (Å²) < 4.78 is 5.77. The van der Waals surface area contributed by atoms with Crippen LogP contribution in [0.4, 0.5) is 5.69 Å². The Labute approximate surface area is 159 Å². The van der Waals surface area contributed by atoms with Crippen molar-refractivity contribution < 1.29 is 9.21 Å². The zero-order chi connectivity index (χ0) is 18.1. The zero-order valence-corrected chi connectivity index (χ0v) is 14.9. The summed E-state index contributed by atoms with van der Waals surface area (Å²) in [5, 5.41) is 3.36. The number of halogens is 2. The minimum atomic E-state index is -0.344. The summed E-state index contributed by atoms with van der Waals surface area (Å²) in [4.78, 5) is 16.9. The number of carbonyl (C=O) groups is 1. The van der Waals surface area contributed by atoms with Gasteiger partial charge in [-0.25, -0.2) is 4.98 Å². The fraction of sp³-hybridized carbons (Fsp3) is 0. The first-order valence-electron chi connectivity index (χ1n) is 7.83. The van der Waals surface area contributed by atoms with E-state index in [0.29, 0.717) is 33.3 Å². The summed E-state index contributed by atoms with van der Waals surface area (Å²) in [5.41, 5.74) is 3.08. The van der Waals surface area contributed by atoms with Crippen LogP contribution in [0.15, 0.2) is 71.1 Å². The molecular formula is C20H12Cl2N2O2. The van der Waals surface area contributed by atoms with Crippen molar-refractivity contribution in [2.45, 2.75) is 0 Å². The number of anilines is 1. The molecule has 128 valence electrons. The van der Waals surface area contributed by atoms with Gasteiger partial charge in [-0.15, -0.1) is 0 Å². The van der Waals surface area contributed by atoms with E-state index in [1.165, 1.54) is 0 Å². The lowest BCUT2D eigenvalue weighted by Gasteiger charge is -2.07. The van der Waals surface area contributed by atoms with E-state index in [1.807, 2.05) is 30.3 Å². The molecule has 1 aromatic heterocycles. The van der Waals surface area contributed by atoms with Crippen molar-refractivity contribution >= 4 is 45.9 Å². The van der Waals surface area contributed by atoms with Crippen molar-refractivity contribution in [1.82, 2.24) is 4.98 Å². The number of hydrogen-bond donors (Lipinski definition) is 1. The molecule has 6 heteroatoms. The molecule has 0 unspecified atom stereocenters. The molecule has 1 N–H and O–H groups in total. The van der Waals surface area contributed by atoms with Gasteiger partial charge < -0.3 is 9.73 Å². The lowest BCUT2D eigenvalue weighted by atomic mass is 10.2. The van der Waals surface area contributed by atoms with E-state index in [4.69, 9.17) is 27.6 Å². The van der Waals surface area contributed by atoms with Crippen LogP contribution in [0.3, 0.4) is 0 Å². The standard InChI is InChI=1S/C20H12Cl2N2O2/c21-15-8-4-7-14(18(15)22)19(25)23-13-9-10-17-16(11-13)24-20(26-17)12-5-2-1-3-6-12/h1-11H,(H,23,25). The summed E-state index contributed by atoms with van der Waals surface area (Å²) >= 11 is 12.1. The highest BCUT2D eigenvalue weighted by Crippen LogP contribution is 2.28. The summed E-state index contributed by atoms with van der Waals surface area (Å²) in [6, 6.07) is 19.8. The Kier molecular flexibility index (Phi) is 4.37. The molecule has 0 atom stereocenters. The third-order valence-corrected chi connectivity index (χ3v) is 4.68. The smallest absolute Gasteiger partial charge is 0.257 e. The van der Waals surface area contributed by atoms with Gasteiger partial charge in [-0.05, 0) is 42.5 Å². The highest BCUT2D eigenvalue weighted by molar-refractivity contribution is 6.44. The van der Waals surface area contributed by atoms with Gasteiger partial charge in [0.1, 0.15) is 5.52 Å². The van der Waals surface area contributed by atoms with Gasteiger partial charge in [0.2, 0.25) is 5.89 Å². The van der Waals surface area contributed by atoms with Crippen LogP contribution in [0, 0.1) is 0 Å². The van der Waals surface area contributed by atoms with Crippen LogP contribution in [0.5, 0.6) is 0 Å². The minimum Gasteiger partial charge on any atom is -0.436 e. The molecule has 4 aromatic rings. The van der Waals surface area contributed by atoms with Crippen LogP contribution >= 0.6 is 23.2 Å². The molecule has 0 radical (unpaired) electrons. The second-order valence-electron chi connectivity index (χ2n) is 5.62. The van der Waals surface area contributed by atoms with Crippen LogP contribution in [-0.2, 0) is 0 Å². The average Bonchev–Trinajstić information content (AvgIpc) is 3.08. The number of amides is 1. The first kappa shape index (κ1) is 16.6. The van der Waals surface area contributed by atoms with Gasteiger partial charge in [-0.1, -0.05) is 47.5 Å². The van der Waals surface area contributed by atoms with Crippen molar-refractivity contribution in [3.05, 3.63) is 82.3 Å². The summed E-state index contributed by atoms with van der Waals surface area (Å²) in [6.45, 7) is 0. The normalized spacial score (nSPS) is 10.8. The lowest BCUT2D eigenvalue weighted by Crippen LogP contribution is -2.12. The van der Waals surface area contributed by atoms with E-state index < -0.39 is 0 Å². The Balaban J connectivity index is 1.63. The first-order chi connectivity index (χ1) is 12.6. The number of carbonyl (C=O) groups excluding carboxylic acids is 1. The maximum atomic E-state index is 12.5. The second-order valence-corrected chi connectivity index (χ2v) is 6.41. The molecule has 4 rings (SSSR count). The maximum absolute atomic E-state index is 12.5. The molecule has 0 aliphatic heterocycles. The van der Waals surface area contributed by atoms with E-state index >= 15 is 0 Å². The van der Waals surface area contributed by atoms with Crippen LogP contribution in [0.1, 0.15) is 10.4 Å². The number of nitrogens with zero attached hydrogens (tertiary/aromatic N) is 1. The third kappa shape index (κ3) is 3.17. The van der Waals surface area contributed by atoms with Gasteiger partial charge in [-0.2, -0.15) is 0 Å². The molecular weight excluding hydrogens is 371 g/mol. The maximum Gasteiger partial charge on any atom is 0.257 e. The number of hydrogen-bond acceptors (Lipinski definition) is 3. The molecule has 1 amide bonds. The van der Waals surface area contributed by atoms with E-state index in [9.17, 15) is 4.79 Å². The SMILES string of the molecule is O=C(Nc1ccc2oc(-c3ccccc3)nc2c1)c1cccc(Cl)c1Cl. The summed E-state index contributed by atoms with van der Waals surface area (Å²) in [6.07, 6.45) is 0. The summed E-state index contributed by atoms with van der Waals surface area (Å²) in [5.74, 6) is 0.186. The third-order valence-electron chi connectivity index (χ3n) is 3.86. The van der Waals surface area contributed by atoms with Crippen molar-refractivity contribution in [2.24, 2.45) is 0 Å².